The normalized spacial score (nSPS) is 24.2. The van der Waals surface area contributed by atoms with Gasteiger partial charge in [-0.15, -0.1) is 0 Å². The Morgan fingerprint density at radius 3 is 2.42 bits per heavy atom. The van der Waals surface area contributed by atoms with Crippen molar-refractivity contribution >= 4 is 12.6 Å². The van der Waals surface area contributed by atoms with E-state index < -0.39 is 7.12 Å². The number of rotatable bonds is 1. The van der Waals surface area contributed by atoms with Gasteiger partial charge in [0.05, 0.1) is 29.0 Å². The molecule has 1 aromatic heterocycles. The molecule has 0 bridgehead atoms. The summed E-state index contributed by atoms with van der Waals surface area (Å²) in [7, 11) is -0.396. The third-order valence-corrected chi connectivity index (χ3v) is 4.37. The van der Waals surface area contributed by atoms with Crippen LogP contribution < -0.4 is 10.2 Å². The zero-order chi connectivity index (χ0) is 13.8. The van der Waals surface area contributed by atoms with E-state index in [0.717, 1.165) is 36.6 Å². The minimum Gasteiger partial charge on any atom is -0.478 e. The van der Waals surface area contributed by atoms with Gasteiger partial charge in [0, 0.05) is 13.0 Å². The van der Waals surface area contributed by atoms with E-state index in [1.165, 1.54) is 0 Å². The number of fused-ring (bicyclic) bond motifs is 1. The van der Waals surface area contributed by atoms with Crippen LogP contribution in [0.15, 0.2) is 0 Å². The monoisotopic (exact) mass is 264 g/mol. The predicted octanol–water partition coefficient (Wildman–Crippen LogP) is 1.27. The first-order chi connectivity index (χ1) is 8.82. The van der Waals surface area contributed by atoms with Gasteiger partial charge in [0.2, 0.25) is 5.88 Å². The van der Waals surface area contributed by atoms with Gasteiger partial charge in [-0.2, -0.15) is 5.10 Å². The van der Waals surface area contributed by atoms with E-state index in [-0.39, 0.29) is 11.2 Å². The van der Waals surface area contributed by atoms with Crippen molar-refractivity contribution in [1.82, 2.24) is 9.78 Å². The van der Waals surface area contributed by atoms with Gasteiger partial charge in [0.25, 0.3) is 0 Å². The van der Waals surface area contributed by atoms with E-state index in [2.05, 4.69) is 32.8 Å². The molecule has 0 aliphatic carbocycles. The highest BCUT2D eigenvalue weighted by atomic mass is 16.7. The first kappa shape index (κ1) is 13.0. The minimum absolute atomic E-state index is 0.340. The highest BCUT2D eigenvalue weighted by Crippen LogP contribution is 2.37. The van der Waals surface area contributed by atoms with Crippen molar-refractivity contribution in [2.24, 2.45) is 0 Å². The molecule has 19 heavy (non-hydrogen) atoms. The Balaban J connectivity index is 1.98. The average molecular weight is 264 g/mol. The molecular formula is C13H21BN2O3. The van der Waals surface area contributed by atoms with E-state index in [9.17, 15) is 0 Å². The van der Waals surface area contributed by atoms with Crippen LogP contribution in [0.1, 0.15) is 39.8 Å². The van der Waals surface area contributed by atoms with Crippen LogP contribution in [-0.2, 0) is 15.9 Å². The topological polar surface area (TPSA) is 45.5 Å². The first-order valence-corrected chi connectivity index (χ1v) is 6.87. The van der Waals surface area contributed by atoms with Crippen molar-refractivity contribution in [2.45, 2.75) is 58.8 Å². The Bertz CT molecular complexity index is 494. The molecular weight excluding hydrogens is 243 g/mol. The lowest BCUT2D eigenvalue weighted by molar-refractivity contribution is 0.00578. The summed E-state index contributed by atoms with van der Waals surface area (Å²) in [5, 5.41) is 4.52. The maximum Gasteiger partial charge on any atom is 0.502 e. The molecule has 0 N–H and O–H groups in total. The standard InChI is InChI=1S/C13H21BN2O3/c1-9-10(11-16(15-9)7-6-8-17-11)14-18-12(2,3)13(4,5)19-14/h6-8H2,1-5H3. The van der Waals surface area contributed by atoms with Crippen LogP contribution in [0.5, 0.6) is 5.88 Å². The van der Waals surface area contributed by atoms with E-state index in [1.807, 2.05) is 11.6 Å². The van der Waals surface area contributed by atoms with Gasteiger partial charge in [-0.1, -0.05) is 0 Å². The molecule has 0 saturated carbocycles. The van der Waals surface area contributed by atoms with Crippen LogP contribution in [-0.4, -0.2) is 34.7 Å². The number of nitrogens with zero attached hydrogens (tertiary/aromatic N) is 2. The molecule has 2 aliphatic heterocycles. The molecule has 1 saturated heterocycles. The molecule has 1 fully saturated rings. The summed E-state index contributed by atoms with van der Waals surface area (Å²) in [6.45, 7) is 11.8. The number of hydrogen-bond donors (Lipinski definition) is 0. The van der Waals surface area contributed by atoms with Crippen molar-refractivity contribution in [3.05, 3.63) is 5.69 Å². The molecule has 104 valence electrons. The smallest absolute Gasteiger partial charge is 0.478 e. The molecule has 2 aliphatic rings. The van der Waals surface area contributed by atoms with Crippen LogP contribution in [0.3, 0.4) is 0 Å². The summed E-state index contributed by atoms with van der Waals surface area (Å²) in [5.74, 6) is 0.808. The van der Waals surface area contributed by atoms with Crippen molar-refractivity contribution < 1.29 is 14.0 Å². The van der Waals surface area contributed by atoms with Crippen LogP contribution in [0, 0.1) is 6.92 Å². The molecule has 0 aromatic carbocycles. The van der Waals surface area contributed by atoms with Crippen LogP contribution in [0.4, 0.5) is 0 Å². The van der Waals surface area contributed by atoms with Crippen molar-refractivity contribution in [1.29, 1.82) is 0 Å². The van der Waals surface area contributed by atoms with Gasteiger partial charge in [0.15, 0.2) is 0 Å². The summed E-state index contributed by atoms with van der Waals surface area (Å²) in [6.07, 6.45) is 0.997. The molecule has 0 unspecified atom stereocenters. The molecule has 3 rings (SSSR count). The Labute approximate surface area is 114 Å². The number of aryl methyl sites for hydroxylation is 2. The SMILES string of the molecule is Cc1nn2c(c1B1OC(C)(C)C(C)(C)O1)OCCC2. The maximum absolute atomic E-state index is 6.10. The lowest BCUT2D eigenvalue weighted by Crippen LogP contribution is -2.41. The van der Waals surface area contributed by atoms with Crippen LogP contribution in [0.25, 0.3) is 0 Å². The fourth-order valence-corrected chi connectivity index (χ4v) is 2.49. The highest BCUT2D eigenvalue weighted by molar-refractivity contribution is 6.63. The molecule has 0 radical (unpaired) electrons. The second-order valence-corrected chi connectivity index (χ2v) is 6.32. The van der Waals surface area contributed by atoms with E-state index in [1.54, 1.807) is 0 Å². The van der Waals surface area contributed by atoms with Gasteiger partial charge in [-0.3, -0.25) is 0 Å². The second kappa shape index (κ2) is 3.99. The Kier molecular flexibility index (Phi) is 2.73. The quantitative estimate of drug-likeness (QED) is 0.717. The molecule has 3 heterocycles. The fourth-order valence-electron chi connectivity index (χ4n) is 2.49. The van der Waals surface area contributed by atoms with E-state index in [4.69, 9.17) is 14.0 Å². The molecule has 6 heteroatoms. The van der Waals surface area contributed by atoms with Gasteiger partial charge in [0.1, 0.15) is 0 Å². The number of aromatic nitrogens is 2. The average Bonchev–Trinajstić information content (AvgIpc) is 2.72. The minimum atomic E-state index is -0.396. The lowest BCUT2D eigenvalue weighted by atomic mass is 9.79. The van der Waals surface area contributed by atoms with E-state index in [0.29, 0.717) is 0 Å². The number of ether oxygens (including phenoxy) is 1. The predicted molar refractivity (Wildman–Crippen MR) is 72.8 cm³/mol. The van der Waals surface area contributed by atoms with Crippen molar-refractivity contribution in [3.8, 4) is 5.88 Å². The molecule has 0 spiro atoms. The Morgan fingerprint density at radius 2 is 1.79 bits per heavy atom. The lowest BCUT2D eigenvalue weighted by Gasteiger charge is -2.32. The third kappa shape index (κ3) is 1.89. The molecule has 0 amide bonds. The number of hydrogen-bond acceptors (Lipinski definition) is 4. The molecule has 0 atom stereocenters. The first-order valence-electron chi connectivity index (χ1n) is 6.87. The fraction of sp³-hybridized carbons (Fsp3) is 0.769. The summed E-state index contributed by atoms with van der Waals surface area (Å²) in [5.41, 5.74) is 1.19. The van der Waals surface area contributed by atoms with Gasteiger partial charge in [-0.05, 0) is 34.6 Å². The summed E-state index contributed by atoms with van der Waals surface area (Å²) in [4.78, 5) is 0. The summed E-state index contributed by atoms with van der Waals surface area (Å²) < 4.78 is 19.9. The highest BCUT2D eigenvalue weighted by Gasteiger charge is 2.53. The van der Waals surface area contributed by atoms with Crippen molar-refractivity contribution in [3.63, 3.8) is 0 Å². The third-order valence-electron chi connectivity index (χ3n) is 4.37. The van der Waals surface area contributed by atoms with Crippen LogP contribution in [0.2, 0.25) is 0 Å². The largest absolute Gasteiger partial charge is 0.502 e. The summed E-state index contributed by atoms with van der Waals surface area (Å²) in [6, 6.07) is 0. The Morgan fingerprint density at radius 1 is 1.16 bits per heavy atom. The molecule has 5 nitrogen and oxygen atoms in total. The molecule has 1 aromatic rings. The zero-order valence-corrected chi connectivity index (χ0v) is 12.3. The van der Waals surface area contributed by atoms with Gasteiger partial charge in [-0.25, -0.2) is 4.68 Å². The Hall–Kier alpha value is -1.01. The summed E-state index contributed by atoms with van der Waals surface area (Å²) >= 11 is 0. The van der Waals surface area contributed by atoms with Crippen LogP contribution >= 0.6 is 0 Å². The van der Waals surface area contributed by atoms with Crippen molar-refractivity contribution in [2.75, 3.05) is 6.61 Å². The maximum atomic E-state index is 6.10. The van der Waals surface area contributed by atoms with E-state index >= 15 is 0 Å². The second-order valence-electron chi connectivity index (χ2n) is 6.32. The van der Waals surface area contributed by atoms with Gasteiger partial charge >= 0.3 is 7.12 Å². The van der Waals surface area contributed by atoms with Gasteiger partial charge < -0.3 is 14.0 Å². The zero-order valence-electron chi connectivity index (χ0n) is 12.3.